The Hall–Kier alpha value is -1.52. The Morgan fingerprint density at radius 3 is 2.79 bits per heavy atom. The van der Waals surface area contributed by atoms with Crippen molar-refractivity contribution in [3.63, 3.8) is 0 Å². The highest BCUT2D eigenvalue weighted by molar-refractivity contribution is 7.09. The van der Waals surface area contributed by atoms with Gasteiger partial charge in [-0.25, -0.2) is 0 Å². The Morgan fingerprint density at radius 1 is 1.32 bits per heavy atom. The maximum atomic E-state index is 11.9. The maximum absolute atomic E-state index is 11.9. The summed E-state index contributed by atoms with van der Waals surface area (Å²) in [4.78, 5) is 14.7. The Bertz CT molecular complexity index is 542. The second-order valence-corrected chi connectivity index (χ2v) is 5.49. The minimum Gasteiger partial charge on any atom is -0.482 e. The lowest BCUT2D eigenvalue weighted by atomic mass is 10.3. The van der Waals surface area contributed by atoms with Crippen LogP contribution in [0.4, 0.5) is 0 Å². The summed E-state index contributed by atoms with van der Waals surface area (Å²) in [6.07, 6.45) is 0. The number of halogens is 1. The van der Waals surface area contributed by atoms with Gasteiger partial charge in [-0.2, -0.15) is 0 Å². The van der Waals surface area contributed by atoms with Crippen LogP contribution >= 0.6 is 22.9 Å². The molecule has 3 nitrogen and oxygen atoms in total. The van der Waals surface area contributed by atoms with E-state index in [2.05, 4.69) is 0 Å². The van der Waals surface area contributed by atoms with E-state index in [1.54, 1.807) is 35.4 Å². The SMILES string of the molecule is CN(Cc1cccs1)C(=O)COc1ccccc1Cl. The number of thiophene rings is 1. The predicted molar refractivity (Wildman–Crippen MR) is 77.7 cm³/mol. The molecule has 0 fully saturated rings. The smallest absolute Gasteiger partial charge is 0.260 e. The first-order chi connectivity index (χ1) is 9.16. The van der Waals surface area contributed by atoms with Gasteiger partial charge in [-0.1, -0.05) is 29.8 Å². The normalized spacial score (nSPS) is 10.2. The van der Waals surface area contributed by atoms with E-state index in [-0.39, 0.29) is 12.5 Å². The van der Waals surface area contributed by atoms with Crippen molar-refractivity contribution in [2.45, 2.75) is 6.54 Å². The summed E-state index contributed by atoms with van der Waals surface area (Å²) in [7, 11) is 1.76. The minimum atomic E-state index is -0.0756. The number of para-hydroxylation sites is 1. The quantitative estimate of drug-likeness (QED) is 0.846. The van der Waals surface area contributed by atoms with Crippen LogP contribution in [0.5, 0.6) is 5.75 Å². The second kappa shape index (κ2) is 6.59. The Kier molecular flexibility index (Phi) is 4.82. The molecule has 0 radical (unpaired) electrons. The Morgan fingerprint density at radius 2 is 2.11 bits per heavy atom. The molecule has 1 heterocycles. The molecule has 0 atom stereocenters. The van der Waals surface area contributed by atoms with E-state index in [1.807, 2.05) is 29.6 Å². The molecular formula is C14H14ClNO2S. The minimum absolute atomic E-state index is 0.00832. The van der Waals surface area contributed by atoms with Gasteiger partial charge in [-0.15, -0.1) is 11.3 Å². The molecule has 5 heteroatoms. The van der Waals surface area contributed by atoms with Crippen LogP contribution in [0.15, 0.2) is 41.8 Å². The number of hydrogen-bond acceptors (Lipinski definition) is 3. The predicted octanol–water partition coefficient (Wildman–Crippen LogP) is 3.44. The number of likely N-dealkylation sites (N-methyl/N-ethyl adjacent to an activating group) is 1. The molecule has 0 N–H and O–H groups in total. The lowest BCUT2D eigenvalue weighted by Gasteiger charge is -2.16. The van der Waals surface area contributed by atoms with E-state index in [4.69, 9.17) is 16.3 Å². The monoisotopic (exact) mass is 295 g/mol. The van der Waals surface area contributed by atoms with Crippen molar-refractivity contribution in [3.05, 3.63) is 51.7 Å². The van der Waals surface area contributed by atoms with E-state index in [1.165, 1.54) is 0 Å². The van der Waals surface area contributed by atoms with Gasteiger partial charge in [0, 0.05) is 11.9 Å². The van der Waals surface area contributed by atoms with Gasteiger partial charge >= 0.3 is 0 Å². The van der Waals surface area contributed by atoms with Crippen molar-refractivity contribution in [3.8, 4) is 5.75 Å². The van der Waals surface area contributed by atoms with Crippen molar-refractivity contribution < 1.29 is 9.53 Å². The van der Waals surface area contributed by atoms with Crippen LogP contribution < -0.4 is 4.74 Å². The molecule has 2 aromatic rings. The van der Waals surface area contributed by atoms with Crippen LogP contribution in [-0.2, 0) is 11.3 Å². The third kappa shape index (κ3) is 3.98. The molecule has 0 spiro atoms. The third-order valence-electron chi connectivity index (χ3n) is 2.59. The number of hydrogen-bond donors (Lipinski definition) is 0. The van der Waals surface area contributed by atoms with Crippen LogP contribution in [-0.4, -0.2) is 24.5 Å². The van der Waals surface area contributed by atoms with Crippen LogP contribution in [0.3, 0.4) is 0 Å². The molecule has 2 rings (SSSR count). The topological polar surface area (TPSA) is 29.5 Å². The molecule has 0 aliphatic heterocycles. The number of amides is 1. The fourth-order valence-corrected chi connectivity index (χ4v) is 2.48. The summed E-state index contributed by atoms with van der Waals surface area (Å²) in [6.45, 7) is 0.591. The maximum Gasteiger partial charge on any atom is 0.260 e. The zero-order valence-electron chi connectivity index (χ0n) is 10.5. The van der Waals surface area contributed by atoms with Gasteiger partial charge in [0.05, 0.1) is 11.6 Å². The van der Waals surface area contributed by atoms with Crippen LogP contribution in [0.1, 0.15) is 4.88 Å². The number of carbonyl (C=O) groups excluding carboxylic acids is 1. The number of nitrogens with zero attached hydrogens (tertiary/aromatic N) is 1. The molecule has 0 unspecified atom stereocenters. The Labute approximate surface area is 121 Å². The third-order valence-corrected chi connectivity index (χ3v) is 3.76. The molecule has 0 saturated heterocycles. The summed E-state index contributed by atoms with van der Waals surface area (Å²) in [5.41, 5.74) is 0. The van der Waals surface area contributed by atoms with Crippen LogP contribution in [0.25, 0.3) is 0 Å². The summed E-state index contributed by atoms with van der Waals surface area (Å²) in [6, 6.07) is 11.1. The highest BCUT2D eigenvalue weighted by atomic mass is 35.5. The summed E-state index contributed by atoms with van der Waals surface area (Å²) >= 11 is 7.58. The van der Waals surface area contributed by atoms with Crippen molar-refractivity contribution >= 4 is 28.8 Å². The van der Waals surface area contributed by atoms with Crippen molar-refractivity contribution in [2.24, 2.45) is 0 Å². The van der Waals surface area contributed by atoms with Gasteiger partial charge < -0.3 is 9.64 Å². The Balaban J connectivity index is 1.86. The van der Waals surface area contributed by atoms with Gasteiger partial charge in [0.25, 0.3) is 5.91 Å². The number of rotatable bonds is 5. The van der Waals surface area contributed by atoms with Gasteiger partial charge in [-0.05, 0) is 23.6 Å². The summed E-state index contributed by atoms with van der Waals surface area (Å²) in [5.74, 6) is 0.454. The highest BCUT2D eigenvalue weighted by Crippen LogP contribution is 2.23. The molecule has 1 amide bonds. The van der Waals surface area contributed by atoms with Crippen molar-refractivity contribution in [2.75, 3.05) is 13.7 Å². The molecule has 100 valence electrons. The second-order valence-electron chi connectivity index (χ2n) is 4.05. The molecule has 1 aromatic heterocycles. The van der Waals surface area contributed by atoms with E-state index in [0.717, 1.165) is 4.88 Å². The first-order valence-corrected chi connectivity index (χ1v) is 7.06. The largest absolute Gasteiger partial charge is 0.482 e. The van der Waals surface area contributed by atoms with Crippen LogP contribution in [0, 0.1) is 0 Å². The number of ether oxygens (including phenoxy) is 1. The molecule has 19 heavy (non-hydrogen) atoms. The molecule has 0 aliphatic rings. The average molecular weight is 296 g/mol. The average Bonchev–Trinajstić information content (AvgIpc) is 2.90. The molecule has 0 saturated carbocycles. The van der Waals surface area contributed by atoms with E-state index < -0.39 is 0 Å². The summed E-state index contributed by atoms with van der Waals surface area (Å²) in [5, 5.41) is 2.50. The zero-order chi connectivity index (χ0) is 13.7. The fraction of sp³-hybridized carbons (Fsp3) is 0.214. The van der Waals surface area contributed by atoms with Gasteiger partial charge in [0.2, 0.25) is 0 Å². The highest BCUT2D eigenvalue weighted by Gasteiger charge is 2.11. The van der Waals surface area contributed by atoms with Gasteiger partial charge in [0.15, 0.2) is 6.61 Å². The molecular weight excluding hydrogens is 282 g/mol. The molecule has 1 aromatic carbocycles. The molecule has 0 bridgehead atoms. The van der Waals surface area contributed by atoms with Gasteiger partial charge in [0.1, 0.15) is 5.75 Å². The first-order valence-electron chi connectivity index (χ1n) is 5.80. The van der Waals surface area contributed by atoms with Crippen LogP contribution in [0.2, 0.25) is 5.02 Å². The van der Waals surface area contributed by atoms with E-state index in [9.17, 15) is 4.79 Å². The fourth-order valence-electron chi connectivity index (χ4n) is 1.54. The number of carbonyl (C=O) groups is 1. The molecule has 0 aliphatic carbocycles. The van der Waals surface area contributed by atoms with E-state index >= 15 is 0 Å². The lowest BCUT2D eigenvalue weighted by molar-refractivity contribution is -0.132. The van der Waals surface area contributed by atoms with Gasteiger partial charge in [-0.3, -0.25) is 4.79 Å². The van der Waals surface area contributed by atoms with Crippen molar-refractivity contribution in [1.82, 2.24) is 4.90 Å². The summed E-state index contributed by atoms with van der Waals surface area (Å²) < 4.78 is 5.42. The lowest BCUT2D eigenvalue weighted by Crippen LogP contribution is -2.30. The zero-order valence-corrected chi connectivity index (χ0v) is 12.1. The number of benzene rings is 1. The standard InChI is InChI=1S/C14H14ClNO2S/c1-16(9-11-5-4-8-19-11)14(17)10-18-13-7-3-2-6-12(13)15/h2-8H,9-10H2,1H3. The van der Waals surface area contributed by atoms with E-state index in [0.29, 0.717) is 17.3 Å². The van der Waals surface area contributed by atoms with Crippen molar-refractivity contribution in [1.29, 1.82) is 0 Å². The first kappa shape index (κ1) is 13.9.